The van der Waals surface area contributed by atoms with Crippen molar-refractivity contribution in [3.05, 3.63) is 50.5 Å². The number of nitro groups is 1. The van der Waals surface area contributed by atoms with Gasteiger partial charge in [0, 0.05) is 18.5 Å². The van der Waals surface area contributed by atoms with E-state index in [1.807, 2.05) is 6.92 Å². The predicted molar refractivity (Wildman–Crippen MR) is 73.7 cm³/mol. The van der Waals surface area contributed by atoms with Crippen LogP contribution in [0.5, 0.6) is 0 Å². The molecule has 1 heterocycles. The second kappa shape index (κ2) is 5.46. The largest absolute Gasteiger partial charge is 0.370 e. The Morgan fingerprint density at radius 3 is 2.68 bits per heavy atom. The number of hydrogen-bond donors (Lipinski definition) is 2. The topological polar surface area (TPSA) is 83.8 Å². The highest BCUT2D eigenvalue weighted by atomic mass is 35.5. The molecule has 1 aromatic carbocycles. The molecule has 0 bridgehead atoms. The highest BCUT2D eigenvalue weighted by molar-refractivity contribution is 6.42. The van der Waals surface area contributed by atoms with E-state index in [-0.39, 0.29) is 21.8 Å². The number of benzene rings is 1. The monoisotopic (exact) mass is 300 g/mol. The van der Waals surface area contributed by atoms with Crippen LogP contribution in [0.25, 0.3) is 0 Å². The molecular weight excluding hydrogens is 291 g/mol. The summed E-state index contributed by atoms with van der Waals surface area (Å²) < 4.78 is 0. The molecule has 0 spiro atoms. The predicted octanol–water partition coefficient (Wildman–Crippen LogP) is 3.80. The van der Waals surface area contributed by atoms with E-state index in [0.717, 1.165) is 0 Å². The van der Waals surface area contributed by atoms with E-state index in [4.69, 9.17) is 23.2 Å². The fourth-order valence-corrected chi connectivity index (χ4v) is 1.94. The molecule has 1 unspecified atom stereocenters. The van der Waals surface area contributed by atoms with Crippen LogP contribution in [-0.2, 0) is 0 Å². The van der Waals surface area contributed by atoms with Crippen LogP contribution < -0.4 is 5.32 Å². The Morgan fingerprint density at radius 2 is 2.11 bits per heavy atom. The van der Waals surface area contributed by atoms with Gasteiger partial charge in [-0.1, -0.05) is 23.2 Å². The maximum atomic E-state index is 11.0. The molecule has 0 aliphatic rings. The average Bonchev–Trinajstić information content (AvgIpc) is 2.86. The Hall–Kier alpha value is -1.79. The van der Waals surface area contributed by atoms with Crippen LogP contribution in [0.3, 0.4) is 0 Å². The number of rotatable bonds is 4. The minimum absolute atomic E-state index is 0.132. The summed E-state index contributed by atoms with van der Waals surface area (Å²) >= 11 is 11.7. The SMILES string of the molecule is CC(Nc1cc(Cl)c(Cl)cc1[N+](=O)[O-])c1ncc[nH]1. The molecule has 0 radical (unpaired) electrons. The average molecular weight is 301 g/mol. The summed E-state index contributed by atoms with van der Waals surface area (Å²) in [5.41, 5.74) is 0.163. The van der Waals surface area contributed by atoms with Crippen LogP contribution in [0.4, 0.5) is 11.4 Å². The first-order chi connectivity index (χ1) is 8.99. The molecule has 0 aliphatic carbocycles. The summed E-state index contributed by atoms with van der Waals surface area (Å²) in [7, 11) is 0. The normalized spacial score (nSPS) is 12.2. The van der Waals surface area contributed by atoms with Gasteiger partial charge in [0.2, 0.25) is 0 Å². The van der Waals surface area contributed by atoms with Gasteiger partial charge in [-0.15, -0.1) is 0 Å². The Bertz CT molecular complexity index is 601. The lowest BCUT2D eigenvalue weighted by atomic mass is 10.2. The summed E-state index contributed by atoms with van der Waals surface area (Å²) in [5, 5.41) is 14.4. The highest BCUT2D eigenvalue weighted by Crippen LogP contribution is 2.35. The molecule has 8 heteroatoms. The second-order valence-corrected chi connectivity index (χ2v) is 4.70. The van der Waals surface area contributed by atoms with Crippen molar-refractivity contribution in [3.63, 3.8) is 0 Å². The smallest absolute Gasteiger partial charge is 0.293 e. The van der Waals surface area contributed by atoms with Crippen molar-refractivity contribution in [3.8, 4) is 0 Å². The lowest BCUT2D eigenvalue weighted by molar-refractivity contribution is -0.384. The zero-order valence-electron chi connectivity index (χ0n) is 9.85. The second-order valence-electron chi connectivity index (χ2n) is 3.88. The zero-order chi connectivity index (χ0) is 14.0. The van der Waals surface area contributed by atoms with Crippen LogP contribution in [0.15, 0.2) is 24.5 Å². The van der Waals surface area contributed by atoms with Crippen LogP contribution in [-0.4, -0.2) is 14.9 Å². The Morgan fingerprint density at radius 1 is 1.42 bits per heavy atom. The van der Waals surface area contributed by atoms with Crippen molar-refractivity contribution in [2.45, 2.75) is 13.0 Å². The number of nitrogens with zero attached hydrogens (tertiary/aromatic N) is 2. The van der Waals surface area contributed by atoms with E-state index < -0.39 is 4.92 Å². The first-order valence-corrected chi connectivity index (χ1v) is 6.14. The minimum Gasteiger partial charge on any atom is -0.370 e. The van der Waals surface area contributed by atoms with Gasteiger partial charge >= 0.3 is 0 Å². The number of anilines is 1. The first-order valence-electron chi connectivity index (χ1n) is 5.38. The third kappa shape index (κ3) is 2.97. The zero-order valence-corrected chi connectivity index (χ0v) is 11.4. The molecule has 0 aliphatic heterocycles. The number of nitro benzene ring substituents is 1. The van der Waals surface area contributed by atoms with Crippen LogP contribution in [0.2, 0.25) is 10.0 Å². The molecule has 2 N–H and O–H groups in total. The summed E-state index contributed by atoms with van der Waals surface area (Å²) in [4.78, 5) is 17.5. The highest BCUT2D eigenvalue weighted by Gasteiger charge is 2.19. The lowest BCUT2D eigenvalue weighted by Crippen LogP contribution is -2.10. The fourth-order valence-electron chi connectivity index (χ4n) is 1.62. The third-order valence-electron chi connectivity index (χ3n) is 2.54. The molecule has 100 valence electrons. The van der Waals surface area contributed by atoms with Gasteiger partial charge in [0.1, 0.15) is 11.5 Å². The van der Waals surface area contributed by atoms with Gasteiger partial charge in [0.05, 0.1) is 21.0 Å². The molecule has 2 rings (SSSR count). The van der Waals surface area contributed by atoms with Crippen molar-refractivity contribution in [2.75, 3.05) is 5.32 Å². The molecule has 0 amide bonds. The number of aromatic nitrogens is 2. The van der Waals surface area contributed by atoms with Gasteiger partial charge in [0.25, 0.3) is 5.69 Å². The van der Waals surface area contributed by atoms with Gasteiger partial charge in [0.15, 0.2) is 0 Å². The maximum absolute atomic E-state index is 11.0. The van der Waals surface area contributed by atoms with E-state index in [0.29, 0.717) is 11.5 Å². The van der Waals surface area contributed by atoms with Crippen LogP contribution in [0, 0.1) is 10.1 Å². The van der Waals surface area contributed by atoms with Crippen molar-refractivity contribution in [1.29, 1.82) is 0 Å². The number of hydrogen-bond acceptors (Lipinski definition) is 4. The Labute approximate surface area is 118 Å². The van der Waals surface area contributed by atoms with Crippen molar-refractivity contribution < 1.29 is 4.92 Å². The number of imidazole rings is 1. The molecule has 19 heavy (non-hydrogen) atoms. The first kappa shape index (κ1) is 13.6. The van der Waals surface area contributed by atoms with Gasteiger partial charge < -0.3 is 10.3 Å². The maximum Gasteiger partial charge on any atom is 0.293 e. The minimum atomic E-state index is -0.514. The standard InChI is InChI=1S/C11H10Cl2N4O2/c1-6(11-14-2-3-15-11)16-9-4-7(12)8(13)5-10(9)17(18)19/h2-6,16H,1H3,(H,14,15). The van der Waals surface area contributed by atoms with Crippen molar-refractivity contribution in [2.24, 2.45) is 0 Å². The van der Waals surface area contributed by atoms with E-state index in [1.54, 1.807) is 12.4 Å². The van der Waals surface area contributed by atoms with Gasteiger partial charge in [-0.3, -0.25) is 10.1 Å². The molecule has 0 fully saturated rings. The molecule has 2 aromatic rings. The van der Waals surface area contributed by atoms with Gasteiger partial charge in [-0.2, -0.15) is 0 Å². The summed E-state index contributed by atoms with van der Waals surface area (Å²) in [6, 6.07) is 2.42. The number of H-pyrrole nitrogens is 1. The Balaban J connectivity index is 2.33. The van der Waals surface area contributed by atoms with E-state index in [2.05, 4.69) is 15.3 Å². The van der Waals surface area contributed by atoms with E-state index in [9.17, 15) is 10.1 Å². The number of nitrogens with one attached hydrogen (secondary N) is 2. The summed E-state index contributed by atoms with van der Waals surface area (Å²) in [5.74, 6) is 0.667. The molecule has 1 atom stereocenters. The number of halogens is 2. The van der Waals surface area contributed by atoms with Crippen LogP contribution >= 0.6 is 23.2 Å². The van der Waals surface area contributed by atoms with E-state index in [1.165, 1.54) is 12.1 Å². The molecule has 6 nitrogen and oxygen atoms in total. The fraction of sp³-hybridized carbons (Fsp3) is 0.182. The summed E-state index contributed by atoms with van der Waals surface area (Å²) in [6.07, 6.45) is 3.29. The van der Waals surface area contributed by atoms with Crippen molar-refractivity contribution >= 4 is 34.6 Å². The van der Waals surface area contributed by atoms with Gasteiger partial charge in [-0.25, -0.2) is 4.98 Å². The quantitative estimate of drug-likeness (QED) is 0.664. The lowest BCUT2D eigenvalue weighted by Gasteiger charge is -2.13. The van der Waals surface area contributed by atoms with Gasteiger partial charge in [-0.05, 0) is 13.0 Å². The molecular formula is C11H10Cl2N4O2. The molecule has 0 saturated heterocycles. The molecule has 0 saturated carbocycles. The van der Waals surface area contributed by atoms with E-state index >= 15 is 0 Å². The summed E-state index contributed by atoms with van der Waals surface area (Å²) in [6.45, 7) is 1.82. The third-order valence-corrected chi connectivity index (χ3v) is 3.26. The van der Waals surface area contributed by atoms with Crippen molar-refractivity contribution in [1.82, 2.24) is 9.97 Å². The van der Waals surface area contributed by atoms with Crippen LogP contribution in [0.1, 0.15) is 18.8 Å². The Kier molecular flexibility index (Phi) is 3.92. The molecule has 1 aromatic heterocycles. The number of aromatic amines is 1.